The molecule has 158 valence electrons. The molecule has 0 aromatic heterocycles. The van der Waals surface area contributed by atoms with Gasteiger partial charge in [0.25, 0.3) is 0 Å². The molecular formula is C26H22BClN2O2. The summed E-state index contributed by atoms with van der Waals surface area (Å²) in [6, 6.07) is 20.4. The van der Waals surface area contributed by atoms with Crippen LogP contribution >= 0.6 is 11.6 Å². The Kier molecular flexibility index (Phi) is 7.65. The van der Waals surface area contributed by atoms with Gasteiger partial charge in [0, 0.05) is 34.1 Å². The van der Waals surface area contributed by atoms with Crippen molar-refractivity contribution in [2.45, 2.75) is 13.5 Å². The number of nitriles is 1. The van der Waals surface area contributed by atoms with Crippen molar-refractivity contribution in [1.82, 2.24) is 5.32 Å². The highest BCUT2D eigenvalue weighted by Crippen LogP contribution is 2.30. The van der Waals surface area contributed by atoms with Crippen molar-refractivity contribution in [2.75, 3.05) is 7.11 Å². The van der Waals surface area contributed by atoms with Crippen LogP contribution in [0.1, 0.15) is 29.2 Å². The first kappa shape index (κ1) is 23.1. The third kappa shape index (κ3) is 5.75. The second kappa shape index (κ2) is 10.6. The van der Waals surface area contributed by atoms with Gasteiger partial charge in [-0.25, -0.2) is 0 Å². The Morgan fingerprint density at radius 2 is 1.91 bits per heavy atom. The zero-order valence-electron chi connectivity index (χ0n) is 18.0. The number of hydrogen-bond donors (Lipinski definition) is 1. The molecule has 0 fully saturated rings. The lowest BCUT2D eigenvalue weighted by atomic mass is 9.92. The maximum atomic E-state index is 9.29. The summed E-state index contributed by atoms with van der Waals surface area (Å²) in [5.74, 6) is 1.31. The molecule has 0 unspecified atom stereocenters. The summed E-state index contributed by atoms with van der Waals surface area (Å²) >= 11 is 5.94. The van der Waals surface area contributed by atoms with E-state index in [0.717, 1.165) is 28.0 Å². The van der Waals surface area contributed by atoms with E-state index in [4.69, 9.17) is 28.9 Å². The van der Waals surface area contributed by atoms with Crippen LogP contribution in [0, 0.1) is 11.3 Å². The van der Waals surface area contributed by atoms with Crippen LogP contribution in [0.25, 0.3) is 11.3 Å². The molecule has 32 heavy (non-hydrogen) atoms. The van der Waals surface area contributed by atoms with Crippen LogP contribution in [0.15, 0.2) is 73.4 Å². The Balaban J connectivity index is 1.71. The van der Waals surface area contributed by atoms with E-state index in [1.807, 2.05) is 55.6 Å². The maximum Gasteiger partial charge on any atom is 0.130 e. The van der Waals surface area contributed by atoms with Crippen LogP contribution in [0.4, 0.5) is 0 Å². The smallest absolute Gasteiger partial charge is 0.130 e. The molecular weight excluding hydrogens is 419 g/mol. The molecule has 3 aromatic carbocycles. The quantitative estimate of drug-likeness (QED) is 0.488. The van der Waals surface area contributed by atoms with Gasteiger partial charge in [-0.2, -0.15) is 5.26 Å². The maximum absolute atomic E-state index is 9.29. The molecule has 4 nitrogen and oxygen atoms in total. The van der Waals surface area contributed by atoms with Gasteiger partial charge in [-0.15, -0.1) is 0 Å². The highest BCUT2D eigenvalue weighted by atomic mass is 35.5. The average molecular weight is 441 g/mol. The van der Waals surface area contributed by atoms with Gasteiger partial charge in [0.15, 0.2) is 0 Å². The molecule has 1 N–H and O–H groups in total. The number of benzene rings is 3. The summed E-state index contributed by atoms with van der Waals surface area (Å²) in [5.41, 5.74) is 5.41. The van der Waals surface area contributed by atoms with Crippen molar-refractivity contribution in [3.05, 3.63) is 101 Å². The van der Waals surface area contributed by atoms with Crippen molar-refractivity contribution in [1.29, 1.82) is 5.26 Å². The third-order valence-corrected chi connectivity index (χ3v) is 5.15. The Labute approximate surface area is 195 Å². The van der Waals surface area contributed by atoms with Crippen LogP contribution in [-0.2, 0) is 6.61 Å². The Morgan fingerprint density at radius 1 is 1.16 bits per heavy atom. The van der Waals surface area contributed by atoms with Gasteiger partial charge in [-0.1, -0.05) is 54.0 Å². The second-order valence-electron chi connectivity index (χ2n) is 7.14. The van der Waals surface area contributed by atoms with Crippen LogP contribution in [-0.4, -0.2) is 15.0 Å². The van der Waals surface area contributed by atoms with Crippen LogP contribution in [0.5, 0.6) is 11.5 Å². The Hall–Kier alpha value is -3.62. The average Bonchev–Trinajstić information content (AvgIpc) is 2.81. The molecule has 0 saturated heterocycles. The first-order valence-corrected chi connectivity index (χ1v) is 10.3. The fourth-order valence-electron chi connectivity index (χ4n) is 3.08. The van der Waals surface area contributed by atoms with E-state index < -0.39 is 0 Å². The van der Waals surface area contributed by atoms with Gasteiger partial charge in [-0.05, 0) is 42.3 Å². The van der Waals surface area contributed by atoms with Gasteiger partial charge < -0.3 is 14.8 Å². The molecule has 0 bridgehead atoms. The second-order valence-corrected chi connectivity index (χ2v) is 7.57. The zero-order valence-corrected chi connectivity index (χ0v) is 18.7. The Morgan fingerprint density at radius 3 is 2.59 bits per heavy atom. The number of methoxy groups -OCH3 is 1. The van der Waals surface area contributed by atoms with Gasteiger partial charge in [-0.3, -0.25) is 0 Å². The molecule has 0 spiro atoms. The van der Waals surface area contributed by atoms with E-state index in [0.29, 0.717) is 27.5 Å². The lowest BCUT2D eigenvalue weighted by molar-refractivity contribution is 0.303. The van der Waals surface area contributed by atoms with Gasteiger partial charge in [0.1, 0.15) is 26.0 Å². The molecule has 2 radical (unpaired) electrons. The first-order chi connectivity index (χ1) is 15.4. The summed E-state index contributed by atoms with van der Waals surface area (Å²) in [6.07, 6.45) is 1.88. The van der Waals surface area contributed by atoms with Crippen LogP contribution in [0.2, 0.25) is 5.02 Å². The van der Waals surface area contributed by atoms with E-state index in [2.05, 4.69) is 18.0 Å². The summed E-state index contributed by atoms with van der Waals surface area (Å²) < 4.78 is 11.5. The molecule has 0 aliphatic heterocycles. The minimum absolute atomic E-state index is 0.253. The first-order valence-electron chi connectivity index (χ1n) is 9.89. The van der Waals surface area contributed by atoms with Gasteiger partial charge in [0.05, 0.1) is 18.7 Å². The molecule has 0 atom stereocenters. The molecule has 0 heterocycles. The van der Waals surface area contributed by atoms with E-state index in [9.17, 15) is 5.26 Å². The molecule has 0 aliphatic carbocycles. The predicted octanol–water partition coefficient (Wildman–Crippen LogP) is 5.21. The van der Waals surface area contributed by atoms with Crippen molar-refractivity contribution >= 4 is 36.2 Å². The monoisotopic (exact) mass is 440 g/mol. The summed E-state index contributed by atoms with van der Waals surface area (Å²) in [4.78, 5) is 0. The SMILES string of the molecule is [B]c1ccc(COc2ccc(/C(C)=C/NC(=C)c3ccc(Cl)cc3)c(OC)c2)c(C#N)c1. The summed E-state index contributed by atoms with van der Waals surface area (Å²) in [5, 5.41) is 13.2. The van der Waals surface area contributed by atoms with E-state index >= 15 is 0 Å². The number of ether oxygens (including phenoxy) is 2. The van der Waals surface area contributed by atoms with E-state index in [-0.39, 0.29) is 6.61 Å². The van der Waals surface area contributed by atoms with Crippen molar-refractivity contribution in [3.63, 3.8) is 0 Å². The van der Waals surface area contributed by atoms with E-state index in [1.54, 1.807) is 25.3 Å². The lowest BCUT2D eigenvalue weighted by Crippen LogP contribution is -2.06. The number of nitrogens with one attached hydrogen (secondary N) is 1. The number of halogens is 1. The normalized spacial score (nSPS) is 10.9. The minimum atomic E-state index is 0.253. The van der Waals surface area contributed by atoms with Gasteiger partial charge >= 0.3 is 0 Å². The number of nitrogens with zero attached hydrogens (tertiary/aromatic N) is 1. The van der Waals surface area contributed by atoms with Crippen LogP contribution < -0.4 is 20.3 Å². The molecule has 3 aromatic rings. The number of hydrogen-bond acceptors (Lipinski definition) is 4. The Bertz CT molecular complexity index is 1200. The van der Waals surface area contributed by atoms with Crippen LogP contribution in [0.3, 0.4) is 0 Å². The highest BCUT2D eigenvalue weighted by Gasteiger charge is 2.09. The molecule has 0 aliphatic rings. The molecule has 0 saturated carbocycles. The highest BCUT2D eigenvalue weighted by molar-refractivity contribution is 6.32. The van der Waals surface area contributed by atoms with Gasteiger partial charge in [0.2, 0.25) is 0 Å². The van der Waals surface area contributed by atoms with Crippen molar-refractivity contribution in [2.24, 2.45) is 0 Å². The fourth-order valence-corrected chi connectivity index (χ4v) is 3.21. The van der Waals surface area contributed by atoms with E-state index in [1.165, 1.54) is 0 Å². The predicted molar refractivity (Wildman–Crippen MR) is 131 cm³/mol. The fraction of sp³-hybridized carbons (Fsp3) is 0.115. The summed E-state index contributed by atoms with van der Waals surface area (Å²) in [6.45, 7) is 6.30. The third-order valence-electron chi connectivity index (χ3n) is 4.90. The topological polar surface area (TPSA) is 54.3 Å². The molecule has 3 rings (SSSR count). The number of allylic oxidation sites excluding steroid dienone is 1. The largest absolute Gasteiger partial charge is 0.496 e. The zero-order chi connectivity index (χ0) is 23.1. The van der Waals surface area contributed by atoms with Crippen molar-refractivity contribution < 1.29 is 9.47 Å². The molecule has 0 amide bonds. The summed E-state index contributed by atoms with van der Waals surface area (Å²) in [7, 11) is 7.36. The standard InChI is InChI=1S/C26H22BClN2O2/c1-17(15-30-18(2)19-5-8-23(28)9-6-19)25-11-10-24(13-26(25)31-3)32-16-20-4-7-22(27)12-21(20)14-29/h4-13,15,30H,2,16H2,1,3H3/b17-15+. The van der Waals surface area contributed by atoms with Crippen molar-refractivity contribution in [3.8, 4) is 17.6 Å². The minimum Gasteiger partial charge on any atom is -0.496 e. The number of rotatable bonds is 8. The lowest BCUT2D eigenvalue weighted by Gasteiger charge is -2.14. The molecule has 6 heteroatoms.